The number of para-hydroxylation sites is 1. The Kier molecular flexibility index (Phi) is 5.78. The third-order valence-electron chi connectivity index (χ3n) is 3.53. The summed E-state index contributed by atoms with van der Waals surface area (Å²) in [5.74, 6) is 0.0625. The highest BCUT2D eigenvalue weighted by Gasteiger charge is 2.08. The molecule has 5 heteroatoms. The van der Waals surface area contributed by atoms with E-state index < -0.39 is 0 Å². The van der Waals surface area contributed by atoms with E-state index in [1.54, 1.807) is 14.2 Å². The number of hydrogen-bond acceptors (Lipinski definition) is 3. The summed E-state index contributed by atoms with van der Waals surface area (Å²) in [5, 5.41) is 7.26. The number of aryl methyl sites for hydroxylation is 1. The van der Waals surface area contributed by atoms with Gasteiger partial charge in [-0.05, 0) is 11.6 Å². The minimum absolute atomic E-state index is 0.0625. The number of methoxy groups -OCH3 is 1. The van der Waals surface area contributed by atoms with Crippen molar-refractivity contribution in [3.63, 3.8) is 0 Å². The largest absolute Gasteiger partial charge is 0.383 e. The van der Waals surface area contributed by atoms with Crippen molar-refractivity contribution in [2.24, 2.45) is 0 Å². The Morgan fingerprint density at radius 2 is 2.14 bits per heavy atom. The van der Waals surface area contributed by atoms with Crippen LogP contribution in [0.15, 0.2) is 30.5 Å². The number of carbonyl (C=O) groups is 1. The molecule has 0 radical (unpaired) electrons. The molecule has 0 aliphatic carbocycles. The van der Waals surface area contributed by atoms with Crippen molar-refractivity contribution in [3.8, 4) is 0 Å². The smallest absolute Gasteiger partial charge is 0.221 e. The van der Waals surface area contributed by atoms with Gasteiger partial charge >= 0.3 is 0 Å². The van der Waals surface area contributed by atoms with Gasteiger partial charge in [0.15, 0.2) is 0 Å². The van der Waals surface area contributed by atoms with Crippen molar-refractivity contribution in [3.05, 3.63) is 36.0 Å². The first-order valence-corrected chi connectivity index (χ1v) is 7.23. The molecule has 1 heterocycles. The third kappa shape index (κ3) is 4.06. The van der Waals surface area contributed by atoms with Gasteiger partial charge in [-0.1, -0.05) is 18.2 Å². The Balaban J connectivity index is 2.12. The van der Waals surface area contributed by atoms with Crippen molar-refractivity contribution in [1.29, 1.82) is 0 Å². The number of nitrogens with zero attached hydrogens (tertiary/aromatic N) is 1. The van der Waals surface area contributed by atoms with Crippen molar-refractivity contribution >= 4 is 16.8 Å². The Labute approximate surface area is 125 Å². The van der Waals surface area contributed by atoms with Gasteiger partial charge in [0, 0.05) is 57.3 Å². The highest BCUT2D eigenvalue weighted by Crippen LogP contribution is 2.21. The first-order chi connectivity index (χ1) is 10.3. The Morgan fingerprint density at radius 1 is 1.33 bits per heavy atom. The highest BCUT2D eigenvalue weighted by molar-refractivity contribution is 5.84. The molecule has 1 aromatic heterocycles. The van der Waals surface area contributed by atoms with Gasteiger partial charge in [0.05, 0.1) is 6.61 Å². The van der Waals surface area contributed by atoms with E-state index in [1.165, 1.54) is 16.5 Å². The first kappa shape index (κ1) is 15.5. The predicted molar refractivity (Wildman–Crippen MR) is 84.2 cm³/mol. The predicted octanol–water partition coefficient (Wildman–Crippen LogP) is 1.51. The van der Waals surface area contributed by atoms with Crippen LogP contribution in [0.5, 0.6) is 0 Å². The van der Waals surface area contributed by atoms with Gasteiger partial charge in [-0.25, -0.2) is 0 Å². The van der Waals surface area contributed by atoms with Crippen molar-refractivity contribution in [1.82, 2.24) is 15.2 Å². The van der Waals surface area contributed by atoms with Crippen LogP contribution in [0.2, 0.25) is 0 Å². The zero-order chi connectivity index (χ0) is 15.1. The molecule has 0 spiro atoms. The molecule has 0 saturated heterocycles. The maximum absolute atomic E-state index is 11.4. The van der Waals surface area contributed by atoms with E-state index in [1.807, 2.05) is 12.1 Å². The molecule has 114 valence electrons. The SMILES string of the molecule is CNC(=O)CCn1cc(CNCCOC)c2ccccc21. The number of hydrogen-bond donors (Lipinski definition) is 2. The Hall–Kier alpha value is -1.85. The lowest BCUT2D eigenvalue weighted by Gasteiger charge is -2.04. The molecule has 0 fully saturated rings. The lowest BCUT2D eigenvalue weighted by Crippen LogP contribution is -2.19. The van der Waals surface area contributed by atoms with E-state index in [4.69, 9.17) is 4.74 Å². The van der Waals surface area contributed by atoms with E-state index in [0.717, 1.165) is 13.1 Å². The molecule has 2 rings (SSSR count). The summed E-state index contributed by atoms with van der Waals surface area (Å²) < 4.78 is 7.19. The number of amides is 1. The number of carbonyl (C=O) groups excluding carboxylic acids is 1. The summed E-state index contributed by atoms with van der Waals surface area (Å²) in [6.07, 6.45) is 2.62. The maximum Gasteiger partial charge on any atom is 0.221 e. The molecule has 2 N–H and O–H groups in total. The van der Waals surface area contributed by atoms with Gasteiger partial charge in [0.1, 0.15) is 0 Å². The molecule has 0 bridgehead atoms. The molecule has 0 atom stereocenters. The van der Waals surface area contributed by atoms with Crippen molar-refractivity contribution in [2.45, 2.75) is 19.5 Å². The number of fused-ring (bicyclic) bond motifs is 1. The normalized spacial score (nSPS) is 11.0. The van der Waals surface area contributed by atoms with E-state index in [0.29, 0.717) is 19.6 Å². The lowest BCUT2D eigenvalue weighted by molar-refractivity contribution is -0.120. The summed E-state index contributed by atoms with van der Waals surface area (Å²) in [5.41, 5.74) is 2.42. The zero-order valence-corrected chi connectivity index (χ0v) is 12.7. The van der Waals surface area contributed by atoms with Gasteiger partial charge in [-0.2, -0.15) is 0 Å². The molecule has 0 unspecified atom stereocenters. The molecule has 5 nitrogen and oxygen atoms in total. The van der Waals surface area contributed by atoms with Gasteiger partial charge in [-0.3, -0.25) is 4.79 Å². The molecule has 1 aromatic carbocycles. The second-order valence-corrected chi connectivity index (χ2v) is 4.96. The summed E-state index contributed by atoms with van der Waals surface area (Å²) in [6, 6.07) is 8.29. The molecule has 0 aliphatic rings. The lowest BCUT2D eigenvalue weighted by atomic mass is 10.2. The van der Waals surface area contributed by atoms with Gasteiger partial charge in [0.25, 0.3) is 0 Å². The van der Waals surface area contributed by atoms with Crippen molar-refractivity contribution in [2.75, 3.05) is 27.3 Å². The summed E-state index contributed by atoms with van der Waals surface area (Å²) in [7, 11) is 3.37. The Bertz CT molecular complexity index is 592. The van der Waals surface area contributed by atoms with Crippen LogP contribution in [0.3, 0.4) is 0 Å². The van der Waals surface area contributed by atoms with E-state index in [2.05, 4.69) is 33.5 Å². The molecular formula is C16H23N3O2. The average molecular weight is 289 g/mol. The molecule has 21 heavy (non-hydrogen) atoms. The second kappa shape index (κ2) is 7.81. The van der Waals surface area contributed by atoms with Crippen LogP contribution < -0.4 is 10.6 Å². The quantitative estimate of drug-likeness (QED) is 0.724. The van der Waals surface area contributed by atoms with Crippen LogP contribution in [0.1, 0.15) is 12.0 Å². The van der Waals surface area contributed by atoms with Gasteiger partial charge < -0.3 is 19.9 Å². The van der Waals surface area contributed by atoms with Crippen molar-refractivity contribution < 1.29 is 9.53 Å². The number of nitrogens with one attached hydrogen (secondary N) is 2. The van der Waals surface area contributed by atoms with E-state index in [9.17, 15) is 4.79 Å². The molecule has 0 aliphatic heterocycles. The summed E-state index contributed by atoms with van der Waals surface area (Å²) in [6.45, 7) is 3.03. The van der Waals surface area contributed by atoms with Gasteiger partial charge in [-0.15, -0.1) is 0 Å². The van der Waals surface area contributed by atoms with Crippen LogP contribution in [0.4, 0.5) is 0 Å². The van der Waals surface area contributed by atoms with Crippen LogP contribution >= 0.6 is 0 Å². The molecular weight excluding hydrogens is 266 g/mol. The second-order valence-electron chi connectivity index (χ2n) is 4.96. The summed E-state index contributed by atoms with van der Waals surface area (Å²) in [4.78, 5) is 11.4. The fourth-order valence-electron chi connectivity index (χ4n) is 2.39. The Morgan fingerprint density at radius 3 is 2.90 bits per heavy atom. The van der Waals surface area contributed by atoms with Crippen LogP contribution in [0, 0.1) is 0 Å². The first-order valence-electron chi connectivity index (χ1n) is 7.23. The van der Waals surface area contributed by atoms with Crippen LogP contribution in [-0.4, -0.2) is 37.8 Å². The molecule has 1 amide bonds. The third-order valence-corrected chi connectivity index (χ3v) is 3.53. The van der Waals surface area contributed by atoms with E-state index in [-0.39, 0.29) is 5.91 Å². The zero-order valence-electron chi connectivity index (χ0n) is 12.7. The standard InChI is InChI=1S/C16H23N3O2/c1-17-16(20)7-9-19-12-13(11-18-8-10-21-2)14-5-3-4-6-15(14)19/h3-6,12,18H,7-11H2,1-2H3,(H,17,20). The number of benzene rings is 1. The number of ether oxygens (including phenoxy) is 1. The number of aromatic nitrogens is 1. The summed E-state index contributed by atoms with van der Waals surface area (Å²) >= 11 is 0. The van der Waals surface area contributed by atoms with Crippen LogP contribution in [0.25, 0.3) is 10.9 Å². The monoisotopic (exact) mass is 289 g/mol. The molecule has 2 aromatic rings. The maximum atomic E-state index is 11.4. The fraction of sp³-hybridized carbons (Fsp3) is 0.438. The highest BCUT2D eigenvalue weighted by atomic mass is 16.5. The topological polar surface area (TPSA) is 55.3 Å². The minimum Gasteiger partial charge on any atom is -0.383 e. The van der Waals surface area contributed by atoms with Crippen LogP contribution in [-0.2, 0) is 22.6 Å². The molecule has 0 saturated carbocycles. The van der Waals surface area contributed by atoms with E-state index >= 15 is 0 Å². The fourth-order valence-corrected chi connectivity index (χ4v) is 2.39. The average Bonchev–Trinajstić information content (AvgIpc) is 2.87. The number of rotatable bonds is 8. The van der Waals surface area contributed by atoms with Gasteiger partial charge in [0.2, 0.25) is 5.91 Å². The minimum atomic E-state index is 0.0625.